The van der Waals surface area contributed by atoms with E-state index in [1.54, 1.807) is 108 Å². The molecule has 20 nitrogen and oxygen atoms in total. The highest BCUT2D eigenvalue weighted by molar-refractivity contribution is 5.83. The van der Waals surface area contributed by atoms with Crippen LogP contribution < -0.4 is 10.6 Å². The first-order valence-corrected chi connectivity index (χ1v) is 25.2. The van der Waals surface area contributed by atoms with Gasteiger partial charge in [-0.25, -0.2) is 38.4 Å². The Bertz CT molecular complexity index is 2450. The number of benzene rings is 2. The van der Waals surface area contributed by atoms with Gasteiger partial charge in [-0.05, 0) is 94.2 Å². The second kappa shape index (κ2) is 40.1. The van der Waals surface area contributed by atoms with Gasteiger partial charge < -0.3 is 49.3 Å². The van der Waals surface area contributed by atoms with Crippen LogP contribution in [0, 0.1) is 0 Å². The van der Waals surface area contributed by atoms with Crippen LogP contribution >= 0.6 is 0 Å². The summed E-state index contributed by atoms with van der Waals surface area (Å²) >= 11 is 0. The van der Waals surface area contributed by atoms with E-state index in [1.807, 2.05) is 5.32 Å². The predicted octanol–water partition coefficient (Wildman–Crippen LogP) is 13.5. The van der Waals surface area contributed by atoms with Gasteiger partial charge in [-0.2, -0.15) is 52.7 Å². The highest BCUT2D eigenvalue weighted by Crippen LogP contribution is 2.28. The summed E-state index contributed by atoms with van der Waals surface area (Å²) in [6.45, 7) is 18.1. The number of rotatable bonds is 16. The number of carboxylic acid groups (broad SMARTS) is 2. The maximum absolute atomic E-state index is 12.8. The topological polar surface area (TPSA) is 263 Å². The molecular weight excluding hydrogens is 1240 g/mol. The first kappa shape index (κ1) is 85.6. The summed E-state index contributed by atoms with van der Waals surface area (Å²) in [6.07, 6.45) is -29.5. The Morgan fingerprint density at radius 2 is 0.719 bits per heavy atom. The van der Waals surface area contributed by atoms with Crippen molar-refractivity contribution in [1.29, 1.82) is 0 Å². The zero-order chi connectivity index (χ0) is 71.6. The number of likely N-dealkylation sites (N-methyl/N-ethyl adjacent to an activating group) is 2. The molecule has 0 heterocycles. The Morgan fingerprint density at radius 1 is 0.449 bits per heavy atom. The molecule has 516 valence electrons. The van der Waals surface area contributed by atoms with Gasteiger partial charge in [-0.1, -0.05) is 68.1 Å². The largest absolute Gasteiger partial charge is 0.480 e. The number of amides is 4. The highest BCUT2D eigenvalue weighted by atomic mass is 19.4. The molecule has 2 aromatic rings. The number of alkyl halides is 14. The number of ether oxygens (including phenoxy) is 6. The summed E-state index contributed by atoms with van der Waals surface area (Å²) < 4.78 is 209. The molecule has 34 heteroatoms. The SMILES string of the molecule is C.CC(C)(C)OC(=O)NC(CC(F)(F)F)C(=O)O.CC(C)(C)OC(=O)NC(CC(F)(F)F)C(=O)OCc1ccccc1.CN(C(=O)OC(C)(C)C)C(CC(F)(F)F)C(=O)O.CN(C(=O)OC(C)(C)C)C(CC(F)(F)F)C(=O)OCc1ccccc1.[2H]CF.[2H]CF. The van der Waals surface area contributed by atoms with Gasteiger partial charge in [0, 0.05) is 14.1 Å². The molecule has 2 aromatic carbocycles. The van der Waals surface area contributed by atoms with Crippen molar-refractivity contribution in [3.63, 3.8) is 0 Å². The van der Waals surface area contributed by atoms with Crippen LogP contribution in [-0.2, 0) is 60.8 Å². The molecule has 4 N–H and O–H groups in total. The molecule has 0 spiro atoms. The van der Waals surface area contributed by atoms with Gasteiger partial charge in [0.15, 0.2) is 0 Å². The number of hydrogen-bond donors (Lipinski definition) is 4. The fraction of sp³-hybridized carbons (Fsp3) is 0.636. The van der Waals surface area contributed by atoms with E-state index in [-0.39, 0.29) is 20.6 Å². The van der Waals surface area contributed by atoms with Crippen LogP contribution in [0.25, 0.3) is 0 Å². The monoisotopic (exact) mass is 1320 g/mol. The number of hydrogen-bond acceptors (Lipinski definition) is 14. The minimum absolute atomic E-state index is 0. The van der Waals surface area contributed by atoms with Crippen LogP contribution in [0.3, 0.4) is 0 Å². The van der Waals surface area contributed by atoms with Crippen molar-refractivity contribution in [2.24, 2.45) is 0 Å². The van der Waals surface area contributed by atoms with Crippen LogP contribution in [0.2, 0.25) is 0 Å². The van der Waals surface area contributed by atoms with E-state index in [2.05, 4.69) is 4.74 Å². The first-order valence-electron chi connectivity index (χ1n) is 26.6. The number of carboxylic acids is 2. The molecule has 0 fully saturated rings. The Hall–Kier alpha value is -7.58. The summed E-state index contributed by atoms with van der Waals surface area (Å²) in [5, 5.41) is 20.8. The maximum Gasteiger partial charge on any atom is 0.410 e. The third-order valence-corrected chi connectivity index (χ3v) is 8.99. The lowest BCUT2D eigenvalue weighted by Crippen LogP contribution is -2.47. The number of nitrogens with one attached hydrogen (secondary N) is 2. The molecule has 0 aliphatic heterocycles. The molecule has 0 saturated heterocycles. The molecule has 4 amide bonds. The lowest BCUT2D eigenvalue weighted by molar-refractivity contribution is -0.169. The lowest BCUT2D eigenvalue weighted by atomic mass is 10.1. The van der Waals surface area contributed by atoms with Gasteiger partial charge in [0.05, 0.1) is 42.7 Å². The van der Waals surface area contributed by atoms with Gasteiger partial charge in [0.25, 0.3) is 0 Å². The van der Waals surface area contributed by atoms with Gasteiger partial charge in [-0.15, -0.1) is 0 Å². The molecule has 4 unspecified atom stereocenters. The average molecular weight is 1320 g/mol. The molecule has 0 aliphatic rings. The number of carbonyl (C=O) groups is 8. The summed E-state index contributed by atoms with van der Waals surface area (Å²) in [4.78, 5) is 92.5. The fourth-order valence-electron chi connectivity index (χ4n) is 5.54. The summed E-state index contributed by atoms with van der Waals surface area (Å²) in [5.74, 6) is -5.83. The second-order valence-corrected chi connectivity index (χ2v) is 21.8. The zero-order valence-electron chi connectivity index (χ0n) is 52.5. The van der Waals surface area contributed by atoms with Crippen molar-refractivity contribution in [2.45, 2.75) is 201 Å². The van der Waals surface area contributed by atoms with Crippen LogP contribution in [0.5, 0.6) is 0 Å². The summed E-state index contributed by atoms with van der Waals surface area (Å²) in [6, 6.07) is 9.26. The van der Waals surface area contributed by atoms with Crippen molar-refractivity contribution in [2.75, 3.05) is 28.4 Å². The van der Waals surface area contributed by atoms with Gasteiger partial charge in [0.1, 0.15) is 59.8 Å². The van der Waals surface area contributed by atoms with Crippen LogP contribution in [0.15, 0.2) is 60.7 Å². The van der Waals surface area contributed by atoms with Crippen LogP contribution in [-0.4, -0.2) is 168 Å². The molecule has 2 rings (SSSR count). The first-order chi connectivity index (χ1) is 40.4. The van der Waals surface area contributed by atoms with Crippen molar-refractivity contribution in [3.8, 4) is 0 Å². The van der Waals surface area contributed by atoms with Crippen molar-refractivity contribution in [1.82, 2.24) is 20.4 Å². The van der Waals surface area contributed by atoms with Gasteiger partial charge in [0.2, 0.25) is 0 Å². The quantitative estimate of drug-likeness (QED) is 0.0691. The molecule has 0 bridgehead atoms. The normalized spacial score (nSPS) is 13.1. The molecule has 0 radical (unpaired) electrons. The predicted molar refractivity (Wildman–Crippen MR) is 293 cm³/mol. The van der Waals surface area contributed by atoms with Crippen molar-refractivity contribution in [3.05, 3.63) is 71.8 Å². The molecule has 4 atom stereocenters. The lowest BCUT2D eigenvalue weighted by Gasteiger charge is -2.30. The number of nitrogens with zero attached hydrogens (tertiary/aromatic N) is 2. The number of aliphatic carboxylic acids is 2. The Balaban J connectivity index is -0.000000353. The van der Waals surface area contributed by atoms with E-state index in [1.165, 1.54) is 41.5 Å². The van der Waals surface area contributed by atoms with E-state index in [0.29, 0.717) is 20.9 Å². The number of carbonyl (C=O) groups excluding carboxylic acids is 6. The van der Waals surface area contributed by atoms with Crippen molar-refractivity contribution < 1.29 is 141 Å². The minimum Gasteiger partial charge on any atom is -0.480 e. The molecular formula is C55H82F14N4O16. The van der Waals surface area contributed by atoms with E-state index in [9.17, 15) is 99.8 Å². The Kier molecular flexibility index (Phi) is 38.6. The zero-order valence-corrected chi connectivity index (χ0v) is 50.5. The third kappa shape index (κ3) is 51.1. The molecule has 0 aliphatic carbocycles. The highest BCUT2D eigenvalue weighted by Gasteiger charge is 2.43. The second-order valence-electron chi connectivity index (χ2n) is 21.8. The summed E-state index contributed by atoms with van der Waals surface area (Å²) in [7, 11) is 0.0346. The minimum atomic E-state index is -4.68. The fourth-order valence-corrected chi connectivity index (χ4v) is 5.54. The molecule has 89 heavy (non-hydrogen) atoms. The number of alkyl carbamates (subject to hydrolysis) is 2. The Labute approximate surface area is 510 Å². The van der Waals surface area contributed by atoms with Crippen LogP contribution in [0.4, 0.5) is 80.6 Å². The smallest absolute Gasteiger partial charge is 0.410 e. The van der Waals surface area contributed by atoms with Gasteiger partial charge >= 0.3 is 73.0 Å². The van der Waals surface area contributed by atoms with E-state index >= 15 is 0 Å². The Morgan fingerprint density at radius 3 is 1.00 bits per heavy atom. The van der Waals surface area contributed by atoms with Gasteiger partial charge in [-0.3, -0.25) is 18.6 Å². The maximum atomic E-state index is 12.8. The number of esters is 2. The third-order valence-electron chi connectivity index (χ3n) is 8.99. The average Bonchev–Trinajstić information content (AvgIpc) is 1.12. The van der Waals surface area contributed by atoms with Crippen LogP contribution in [0.1, 0.15) is 130 Å². The molecule has 0 aromatic heterocycles. The number of halogens is 14. The van der Waals surface area contributed by atoms with E-state index in [4.69, 9.17) is 36.6 Å². The van der Waals surface area contributed by atoms with E-state index in [0.717, 1.165) is 14.1 Å². The summed E-state index contributed by atoms with van der Waals surface area (Å²) in [5.41, 5.74) is -2.38. The molecule has 0 saturated carbocycles. The van der Waals surface area contributed by atoms with Crippen molar-refractivity contribution >= 4 is 48.3 Å². The standard InChI is InChI=1S/C17H22F3NO4.C16H20F3NO4.C10H16F3NO4.C9H14F3NO4.2CH3F.CH4/c1-16(2,3)25-15(23)21(4)13(10-17(18,19)20)14(22)24-11-12-8-6-5-7-9-12;1-15(2,3)24-14(22)20-12(9-16(17,18)19)13(21)23-10-11-7-5-4-6-8-11;1-9(2,3)18-8(17)14(4)6(7(15)16)5-10(11,12)13;1-8(2,3)17-7(16)13-5(6(14)15)4-9(10,11)12;2*1-2;/h5-9,13H,10-11H2,1-4H3;4-8,12H,9-10H2,1-3H3,(H,20,22);6H,5H2,1-4H3,(H,15,16);5H,4H2,1-3H3,(H,13,16)(H,14,15);2*1H3;1H4/i;;;;2*1D;. The van der Waals surface area contributed by atoms with E-state index < -0.39 is 160 Å².